The van der Waals surface area contributed by atoms with Gasteiger partial charge in [-0.15, -0.1) is 6.42 Å². The number of carbonyl (C=O) groups excluding carboxylic acids is 2. The van der Waals surface area contributed by atoms with Crippen LogP contribution in [0.2, 0.25) is 0 Å². The zero-order valence-electron chi connectivity index (χ0n) is 20.2. The van der Waals surface area contributed by atoms with Gasteiger partial charge >= 0.3 is 0 Å². The summed E-state index contributed by atoms with van der Waals surface area (Å²) >= 11 is 0. The van der Waals surface area contributed by atoms with E-state index in [1.165, 1.54) is 18.2 Å². The van der Waals surface area contributed by atoms with E-state index < -0.39 is 44.8 Å². The number of furan rings is 1. The molecule has 1 atom stereocenters. The summed E-state index contributed by atoms with van der Waals surface area (Å²) in [5.74, 6) is 0.0645. The van der Waals surface area contributed by atoms with E-state index in [9.17, 15) is 18.0 Å². The molecular weight excluding hydrogens is 483 g/mol. The predicted molar refractivity (Wildman–Crippen MR) is 134 cm³/mol. The van der Waals surface area contributed by atoms with E-state index in [0.29, 0.717) is 30.4 Å². The fourth-order valence-electron chi connectivity index (χ4n) is 3.97. The molecule has 1 aliphatic rings. The second kappa shape index (κ2) is 9.43. The third-order valence-corrected chi connectivity index (χ3v) is 7.30. The lowest BCUT2D eigenvalue weighted by molar-refractivity contribution is -0.123. The summed E-state index contributed by atoms with van der Waals surface area (Å²) in [7, 11) is -3.33. The Bertz CT molecular complexity index is 1480. The van der Waals surface area contributed by atoms with Crippen LogP contribution in [0.3, 0.4) is 0 Å². The summed E-state index contributed by atoms with van der Waals surface area (Å²) in [6.45, 7) is 3.82. The number of halogens is 1. The molecule has 1 heterocycles. The maximum atomic E-state index is 15.1. The highest BCUT2D eigenvalue weighted by atomic mass is 32.2. The molecule has 0 bridgehead atoms. The second-order valence-electron chi connectivity index (χ2n) is 9.62. The van der Waals surface area contributed by atoms with Gasteiger partial charge in [0.25, 0.3) is 5.91 Å². The van der Waals surface area contributed by atoms with E-state index >= 15 is 4.39 Å². The Morgan fingerprint density at radius 1 is 1.14 bits per heavy atom. The fourth-order valence-corrected chi connectivity index (χ4v) is 4.60. The highest BCUT2D eigenvalue weighted by molar-refractivity contribution is 7.90. The number of hydrogen-bond acceptors (Lipinski definition) is 5. The van der Waals surface area contributed by atoms with Gasteiger partial charge in [-0.1, -0.05) is 38.0 Å². The number of fused-ring (bicyclic) bond motifs is 1. The first-order chi connectivity index (χ1) is 16.9. The van der Waals surface area contributed by atoms with E-state index in [1.807, 2.05) is 13.8 Å². The van der Waals surface area contributed by atoms with Crippen molar-refractivity contribution in [2.75, 3.05) is 6.26 Å². The maximum absolute atomic E-state index is 15.1. The molecule has 4 rings (SSSR count). The molecule has 3 aromatic rings. The Morgan fingerprint density at radius 3 is 2.33 bits per heavy atom. The Hall–Kier alpha value is -3.64. The van der Waals surface area contributed by atoms with Crippen LogP contribution >= 0.6 is 0 Å². The van der Waals surface area contributed by atoms with Gasteiger partial charge in [-0.05, 0) is 60.6 Å². The first-order valence-electron chi connectivity index (χ1n) is 11.6. The summed E-state index contributed by atoms with van der Waals surface area (Å²) in [5.41, 5.74) is 0.835. The molecule has 2 amide bonds. The largest absolute Gasteiger partial charge is 0.448 e. The quantitative estimate of drug-likeness (QED) is 0.445. The van der Waals surface area contributed by atoms with Crippen LogP contribution in [0.1, 0.15) is 43.7 Å². The zero-order chi connectivity index (χ0) is 26.3. The molecule has 1 fully saturated rings. The smallest absolute Gasteiger partial charge is 0.290 e. The number of terminal acetylenes is 1. The molecular formula is C27H27FN2O5S. The van der Waals surface area contributed by atoms with E-state index in [2.05, 4.69) is 16.6 Å². The SMILES string of the molecule is C#CC1(NC(=O)[C@H](CC(C)C)NC(=O)c2oc3cc(-c4ccc(S(C)(=O)=O)cc4)ccc3c2F)CC1. The summed E-state index contributed by atoms with van der Waals surface area (Å²) in [5, 5.41) is 5.52. The van der Waals surface area contributed by atoms with Crippen LogP contribution < -0.4 is 10.6 Å². The molecule has 0 spiro atoms. The Balaban J connectivity index is 1.58. The van der Waals surface area contributed by atoms with Gasteiger partial charge in [0.1, 0.15) is 17.2 Å². The van der Waals surface area contributed by atoms with Gasteiger partial charge in [0, 0.05) is 6.26 Å². The van der Waals surface area contributed by atoms with Gasteiger partial charge in [-0.3, -0.25) is 9.59 Å². The van der Waals surface area contributed by atoms with Crippen LogP contribution in [-0.4, -0.2) is 38.1 Å². The topological polar surface area (TPSA) is 105 Å². The molecule has 188 valence electrons. The molecule has 1 aromatic heterocycles. The van der Waals surface area contributed by atoms with Crippen molar-refractivity contribution in [3.63, 3.8) is 0 Å². The van der Waals surface area contributed by atoms with E-state index in [0.717, 1.165) is 6.26 Å². The van der Waals surface area contributed by atoms with Gasteiger partial charge in [-0.2, -0.15) is 0 Å². The minimum absolute atomic E-state index is 0.0826. The molecule has 0 unspecified atom stereocenters. The molecule has 36 heavy (non-hydrogen) atoms. The number of benzene rings is 2. The molecule has 2 N–H and O–H groups in total. The standard InChI is InChI=1S/C27H27FN2O5S/c1-5-27(12-13-27)30-25(31)21(14-16(2)3)29-26(32)24-23(28)20-11-8-18(15-22(20)35-24)17-6-9-19(10-7-17)36(4,33)34/h1,6-11,15-16,21H,12-14H2,2-4H3,(H,29,32)(H,30,31)/t21-/m0/s1. The molecule has 7 nitrogen and oxygen atoms in total. The average molecular weight is 511 g/mol. The second-order valence-corrected chi connectivity index (χ2v) is 11.6. The van der Waals surface area contributed by atoms with Crippen molar-refractivity contribution in [3.8, 4) is 23.5 Å². The van der Waals surface area contributed by atoms with Crippen molar-refractivity contribution in [3.05, 3.63) is 54.0 Å². The number of hydrogen-bond donors (Lipinski definition) is 2. The van der Waals surface area contributed by atoms with Crippen LogP contribution in [-0.2, 0) is 14.6 Å². The van der Waals surface area contributed by atoms with Gasteiger partial charge in [0.15, 0.2) is 15.7 Å². The highest BCUT2D eigenvalue weighted by Crippen LogP contribution is 2.34. The number of carbonyl (C=O) groups is 2. The molecule has 1 saturated carbocycles. The lowest BCUT2D eigenvalue weighted by atomic mass is 10.0. The zero-order valence-corrected chi connectivity index (χ0v) is 21.0. The monoisotopic (exact) mass is 510 g/mol. The number of nitrogens with one attached hydrogen (secondary N) is 2. The van der Waals surface area contributed by atoms with Crippen LogP contribution in [0.4, 0.5) is 4.39 Å². The summed E-state index contributed by atoms with van der Waals surface area (Å²) in [4.78, 5) is 26.0. The molecule has 0 radical (unpaired) electrons. The summed E-state index contributed by atoms with van der Waals surface area (Å²) in [6, 6.07) is 10.1. The molecule has 0 aliphatic heterocycles. The minimum atomic E-state index is -3.33. The van der Waals surface area contributed by atoms with Crippen LogP contribution in [0, 0.1) is 24.1 Å². The summed E-state index contributed by atoms with van der Waals surface area (Å²) in [6.07, 6.45) is 8.33. The maximum Gasteiger partial charge on any atom is 0.290 e. The van der Waals surface area contributed by atoms with Gasteiger partial charge in [-0.25, -0.2) is 12.8 Å². The Labute approximate surface area is 209 Å². The lowest BCUT2D eigenvalue weighted by Gasteiger charge is -2.21. The predicted octanol–water partition coefficient (Wildman–Crippen LogP) is 4.07. The third-order valence-electron chi connectivity index (χ3n) is 6.17. The third kappa shape index (κ3) is 5.29. The lowest BCUT2D eigenvalue weighted by Crippen LogP contribution is -2.50. The first-order valence-corrected chi connectivity index (χ1v) is 13.4. The van der Waals surface area contributed by atoms with E-state index in [1.54, 1.807) is 24.3 Å². The van der Waals surface area contributed by atoms with Crippen molar-refractivity contribution in [2.24, 2.45) is 5.92 Å². The highest BCUT2D eigenvalue weighted by Gasteiger charge is 2.43. The van der Waals surface area contributed by atoms with Crippen LogP contribution in [0.25, 0.3) is 22.1 Å². The minimum Gasteiger partial charge on any atom is -0.448 e. The molecule has 2 aromatic carbocycles. The summed E-state index contributed by atoms with van der Waals surface area (Å²) < 4.78 is 44.1. The van der Waals surface area contributed by atoms with Gasteiger partial charge in [0.2, 0.25) is 11.7 Å². The Morgan fingerprint density at radius 2 is 1.78 bits per heavy atom. The van der Waals surface area contributed by atoms with Crippen LogP contribution in [0.15, 0.2) is 51.8 Å². The normalized spacial score (nSPS) is 15.3. The fraction of sp³-hybridized carbons (Fsp3) is 0.333. The van der Waals surface area contributed by atoms with Crippen molar-refractivity contribution < 1.29 is 26.8 Å². The van der Waals surface area contributed by atoms with Gasteiger partial charge in [0.05, 0.1) is 10.3 Å². The molecule has 9 heteroatoms. The average Bonchev–Trinajstić information content (AvgIpc) is 3.52. The number of amides is 2. The van der Waals surface area contributed by atoms with Crippen molar-refractivity contribution in [1.82, 2.24) is 10.6 Å². The molecule has 0 saturated heterocycles. The van der Waals surface area contributed by atoms with Crippen molar-refractivity contribution in [1.29, 1.82) is 0 Å². The Kier molecular flexibility index (Phi) is 6.67. The van der Waals surface area contributed by atoms with E-state index in [4.69, 9.17) is 10.8 Å². The van der Waals surface area contributed by atoms with Crippen molar-refractivity contribution >= 4 is 32.6 Å². The first kappa shape index (κ1) is 25.5. The molecule has 1 aliphatic carbocycles. The number of sulfone groups is 1. The van der Waals surface area contributed by atoms with Crippen molar-refractivity contribution in [2.45, 2.75) is 49.6 Å². The number of rotatable bonds is 8. The van der Waals surface area contributed by atoms with Crippen LogP contribution in [0.5, 0.6) is 0 Å². The van der Waals surface area contributed by atoms with E-state index in [-0.39, 0.29) is 21.8 Å². The van der Waals surface area contributed by atoms with Gasteiger partial charge < -0.3 is 15.1 Å².